The average molecular weight is 305 g/mol. The number of rotatable bonds is 2. The first-order valence-corrected chi connectivity index (χ1v) is 5.09. The van der Waals surface area contributed by atoms with Crippen molar-refractivity contribution >= 4 is 21.6 Å². The van der Waals surface area contributed by atoms with Crippen LogP contribution in [0.4, 0.5) is 27.6 Å². The summed E-state index contributed by atoms with van der Waals surface area (Å²) in [6.45, 7) is 0. The first-order valence-electron chi connectivity index (χ1n) is 3.97. The molecule has 1 aromatic rings. The lowest BCUT2D eigenvalue weighted by molar-refractivity contribution is -0.139. The quantitative estimate of drug-likeness (QED) is 0.671. The topological polar surface area (TPSA) is 38.9 Å². The Labute approximate surface area is 95.8 Å². The third-order valence-electron chi connectivity index (χ3n) is 1.87. The maximum absolute atomic E-state index is 12.5. The number of anilines is 1. The highest BCUT2D eigenvalue weighted by Crippen LogP contribution is 2.40. The number of aromatic nitrogens is 1. The molecule has 8 heteroatoms. The summed E-state index contributed by atoms with van der Waals surface area (Å²) in [7, 11) is 0. The number of hydrogen-bond donors (Lipinski definition) is 1. The molecule has 2 nitrogen and oxygen atoms in total. The molecule has 0 saturated carbocycles. The molecular formula is C8H6BrF5N2. The molecule has 0 atom stereocenters. The maximum Gasteiger partial charge on any atom is 0.420 e. The van der Waals surface area contributed by atoms with Gasteiger partial charge in [0.25, 0.3) is 6.43 Å². The average Bonchev–Trinajstić information content (AvgIpc) is 2.14. The molecule has 0 fully saturated rings. The number of nitrogens with zero attached hydrogens (tertiary/aromatic N) is 1. The van der Waals surface area contributed by atoms with Crippen LogP contribution in [0.5, 0.6) is 0 Å². The second-order valence-corrected chi connectivity index (χ2v) is 3.45. The lowest BCUT2D eigenvalue weighted by Crippen LogP contribution is -2.16. The van der Waals surface area contributed by atoms with Crippen LogP contribution in [0.1, 0.15) is 23.2 Å². The van der Waals surface area contributed by atoms with Crippen molar-refractivity contribution in [2.45, 2.75) is 17.9 Å². The molecule has 16 heavy (non-hydrogen) atoms. The number of nitrogens with two attached hydrogens (primary N) is 1. The highest BCUT2D eigenvalue weighted by Gasteiger charge is 2.39. The van der Waals surface area contributed by atoms with Gasteiger partial charge < -0.3 is 5.73 Å². The zero-order valence-electron chi connectivity index (χ0n) is 7.65. The molecule has 0 bridgehead atoms. The Morgan fingerprint density at radius 1 is 1.38 bits per heavy atom. The van der Waals surface area contributed by atoms with E-state index in [4.69, 9.17) is 5.73 Å². The Balaban J connectivity index is 3.50. The molecule has 0 aliphatic rings. The Morgan fingerprint density at radius 3 is 2.31 bits per heavy atom. The first-order chi connectivity index (χ1) is 7.29. The number of alkyl halides is 6. The van der Waals surface area contributed by atoms with E-state index >= 15 is 0 Å². The Morgan fingerprint density at radius 2 is 1.94 bits per heavy atom. The van der Waals surface area contributed by atoms with Gasteiger partial charge in [0.15, 0.2) is 0 Å². The van der Waals surface area contributed by atoms with E-state index in [9.17, 15) is 22.0 Å². The predicted octanol–water partition coefficient (Wildman–Crippen LogP) is 3.52. The van der Waals surface area contributed by atoms with Crippen LogP contribution in [0.3, 0.4) is 0 Å². The maximum atomic E-state index is 12.5. The number of nitrogen functional groups attached to an aromatic ring is 1. The van der Waals surface area contributed by atoms with Gasteiger partial charge in [0, 0.05) is 17.1 Å². The lowest BCUT2D eigenvalue weighted by atomic mass is 10.1. The summed E-state index contributed by atoms with van der Waals surface area (Å²) in [5, 5.41) is 0.0123. The third kappa shape index (κ3) is 2.42. The van der Waals surface area contributed by atoms with E-state index in [-0.39, 0.29) is 10.9 Å². The Kier molecular flexibility index (Phi) is 3.72. The molecule has 0 amide bonds. The molecule has 90 valence electrons. The molecular weight excluding hydrogens is 299 g/mol. The van der Waals surface area contributed by atoms with E-state index < -0.39 is 29.5 Å². The minimum atomic E-state index is -4.94. The lowest BCUT2D eigenvalue weighted by Gasteiger charge is -2.15. The van der Waals surface area contributed by atoms with E-state index in [2.05, 4.69) is 20.9 Å². The minimum absolute atomic E-state index is 0.0123. The van der Waals surface area contributed by atoms with Crippen LogP contribution in [0.15, 0.2) is 6.20 Å². The van der Waals surface area contributed by atoms with E-state index in [0.29, 0.717) is 0 Å². The summed E-state index contributed by atoms with van der Waals surface area (Å²) < 4.78 is 62.2. The monoisotopic (exact) mass is 304 g/mol. The molecule has 0 spiro atoms. The molecule has 1 rings (SSSR count). The molecule has 2 N–H and O–H groups in total. The van der Waals surface area contributed by atoms with Crippen molar-refractivity contribution < 1.29 is 22.0 Å². The molecule has 1 aromatic heterocycles. The van der Waals surface area contributed by atoms with Gasteiger partial charge in [0.2, 0.25) is 0 Å². The number of hydrogen-bond acceptors (Lipinski definition) is 2. The Hall–Kier alpha value is -0.920. The molecule has 0 aliphatic heterocycles. The Bertz CT molecular complexity index is 391. The van der Waals surface area contributed by atoms with Crippen molar-refractivity contribution in [3.05, 3.63) is 23.0 Å². The van der Waals surface area contributed by atoms with Crippen molar-refractivity contribution in [3.8, 4) is 0 Å². The molecule has 0 saturated heterocycles. The highest BCUT2D eigenvalue weighted by molar-refractivity contribution is 9.08. The van der Waals surface area contributed by atoms with E-state index in [0.717, 1.165) is 6.20 Å². The molecule has 0 aliphatic carbocycles. The highest BCUT2D eigenvalue weighted by atomic mass is 79.9. The van der Waals surface area contributed by atoms with Gasteiger partial charge in [-0.05, 0) is 0 Å². The van der Waals surface area contributed by atoms with Gasteiger partial charge in [-0.2, -0.15) is 13.2 Å². The summed E-state index contributed by atoms with van der Waals surface area (Å²) in [6, 6.07) is 0. The minimum Gasteiger partial charge on any atom is -0.398 e. The van der Waals surface area contributed by atoms with Crippen LogP contribution in [-0.2, 0) is 11.5 Å². The summed E-state index contributed by atoms with van der Waals surface area (Å²) in [6.07, 6.45) is -7.36. The first kappa shape index (κ1) is 13.1. The van der Waals surface area contributed by atoms with Gasteiger partial charge in [0.1, 0.15) is 11.3 Å². The van der Waals surface area contributed by atoms with Crippen LogP contribution < -0.4 is 5.73 Å². The molecule has 0 radical (unpaired) electrons. The summed E-state index contributed by atoms with van der Waals surface area (Å²) in [5.74, 6) is 0. The van der Waals surface area contributed by atoms with Gasteiger partial charge in [-0.3, -0.25) is 4.98 Å². The van der Waals surface area contributed by atoms with Gasteiger partial charge >= 0.3 is 6.18 Å². The predicted molar refractivity (Wildman–Crippen MR) is 51.2 cm³/mol. The fraction of sp³-hybridized carbons (Fsp3) is 0.375. The summed E-state index contributed by atoms with van der Waals surface area (Å²) in [5.41, 5.74) is 1.61. The third-order valence-corrected chi connectivity index (χ3v) is 2.47. The number of halogens is 6. The second-order valence-electron chi connectivity index (χ2n) is 2.89. The molecule has 1 heterocycles. The van der Waals surface area contributed by atoms with Crippen LogP contribution >= 0.6 is 15.9 Å². The second kappa shape index (κ2) is 4.52. The van der Waals surface area contributed by atoms with Gasteiger partial charge in [-0.25, -0.2) is 8.78 Å². The van der Waals surface area contributed by atoms with Crippen LogP contribution in [0.2, 0.25) is 0 Å². The van der Waals surface area contributed by atoms with E-state index in [1.807, 2.05) is 0 Å². The SMILES string of the molecule is Nc1c(CBr)cnc(C(F)F)c1C(F)(F)F. The normalized spacial score (nSPS) is 12.2. The van der Waals surface area contributed by atoms with Gasteiger partial charge in [-0.1, -0.05) is 15.9 Å². The van der Waals surface area contributed by atoms with Crippen molar-refractivity contribution in [2.24, 2.45) is 0 Å². The fourth-order valence-corrected chi connectivity index (χ4v) is 1.60. The van der Waals surface area contributed by atoms with Crippen molar-refractivity contribution in [3.63, 3.8) is 0 Å². The van der Waals surface area contributed by atoms with Crippen LogP contribution in [0.25, 0.3) is 0 Å². The van der Waals surface area contributed by atoms with Crippen LogP contribution in [0, 0.1) is 0 Å². The van der Waals surface area contributed by atoms with Crippen LogP contribution in [-0.4, -0.2) is 4.98 Å². The van der Waals surface area contributed by atoms with Crippen molar-refractivity contribution in [1.82, 2.24) is 4.98 Å². The zero-order chi connectivity index (χ0) is 12.5. The fourth-order valence-electron chi connectivity index (χ4n) is 1.15. The number of pyridine rings is 1. The summed E-state index contributed by atoms with van der Waals surface area (Å²) in [4.78, 5) is 3.10. The summed E-state index contributed by atoms with van der Waals surface area (Å²) >= 11 is 2.90. The van der Waals surface area contributed by atoms with Gasteiger partial charge in [0.05, 0.1) is 5.69 Å². The largest absolute Gasteiger partial charge is 0.420 e. The molecule has 0 aromatic carbocycles. The van der Waals surface area contributed by atoms with E-state index in [1.54, 1.807) is 0 Å². The van der Waals surface area contributed by atoms with Crippen molar-refractivity contribution in [1.29, 1.82) is 0 Å². The standard InChI is InChI=1S/C8H6BrF5N2/c9-1-3-2-16-6(7(10)11)4(5(3)15)8(12,13)14/h2,7H,1H2,(H2,15,16). The van der Waals surface area contributed by atoms with Gasteiger partial charge in [-0.15, -0.1) is 0 Å². The van der Waals surface area contributed by atoms with Crippen molar-refractivity contribution in [2.75, 3.05) is 5.73 Å². The molecule has 0 unspecified atom stereocenters. The zero-order valence-corrected chi connectivity index (χ0v) is 9.24. The smallest absolute Gasteiger partial charge is 0.398 e. The van der Waals surface area contributed by atoms with E-state index in [1.165, 1.54) is 0 Å².